The lowest BCUT2D eigenvalue weighted by Gasteiger charge is -2.16. The molecule has 2 atom stereocenters. The summed E-state index contributed by atoms with van der Waals surface area (Å²) in [5.74, 6) is -0.0624. The van der Waals surface area contributed by atoms with Crippen molar-refractivity contribution in [3.63, 3.8) is 0 Å². The Morgan fingerprint density at radius 2 is 2.07 bits per heavy atom. The summed E-state index contributed by atoms with van der Waals surface area (Å²) in [5, 5.41) is 0. The highest BCUT2D eigenvalue weighted by atomic mass is 127. The van der Waals surface area contributed by atoms with Gasteiger partial charge < -0.3 is 4.74 Å². The van der Waals surface area contributed by atoms with Gasteiger partial charge >= 0.3 is 5.97 Å². The van der Waals surface area contributed by atoms with Crippen molar-refractivity contribution in [3.05, 3.63) is 35.9 Å². The Hall–Kier alpha value is -0.580. The molecule has 0 saturated carbocycles. The van der Waals surface area contributed by atoms with Crippen molar-refractivity contribution in [1.29, 1.82) is 0 Å². The third-order valence-electron chi connectivity index (χ3n) is 2.36. The highest BCUT2D eigenvalue weighted by Crippen LogP contribution is 2.34. The van der Waals surface area contributed by atoms with E-state index < -0.39 is 0 Å². The fourth-order valence-corrected chi connectivity index (χ4v) is 2.53. The van der Waals surface area contributed by atoms with Crippen LogP contribution in [0.1, 0.15) is 22.3 Å². The van der Waals surface area contributed by atoms with E-state index >= 15 is 0 Å². The summed E-state index contributed by atoms with van der Waals surface area (Å²) in [6.45, 7) is 0. The van der Waals surface area contributed by atoms with Crippen LogP contribution >= 0.6 is 22.6 Å². The number of halogens is 1. The van der Waals surface area contributed by atoms with Gasteiger partial charge in [0.1, 0.15) is 6.10 Å². The van der Waals surface area contributed by atoms with E-state index in [9.17, 15) is 4.79 Å². The van der Waals surface area contributed by atoms with Crippen molar-refractivity contribution < 1.29 is 9.53 Å². The number of carbonyl (C=O) groups is 1. The number of carbonyl (C=O) groups excluding carboxylic acids is 1. The third-order valence-corrected chi connectivity index (χ3v) is 3.88. The molecule has 1 aliphatic heterocycles. The summed E-state index contributed by atoms with van der Waals surface area (Å²) < 4.78 is 5.51. The van der Waals surface area contributed by atoms with Gasteiger partial charge in [-0.1, -0.05) is 52.9 Å². The summed E-state index contributed by atoms with van der Waals surface area (Å²) in [5.41, 5.74) is 1.23. The molecule has 0 spiro atoms. The molecule has 2 rings (SSSR count). The van der Waals surface area contributed by atoms with Crippen molar-refractivity contribution in [2.75, 3.05) is 0 Å². The Labute approximate surface area is 96.8 Å². The van der Waals surface area contributed by atoms with Crippen LogP contribution in [0.4, 0.5) is 0 Å². The Morgan fingerprint density at radius 3 is 2.64 bits per heavy atom. The molecule has 74 valence electrons. The zero-order valence-corrected chi connectivity index (χ0v) is 9.81. The molecule has 1 aromatic rings. The number of ether oxygens (including phenoxy) is 1. The van der Waals surface area contributed by atoms with Gasteiger partial charge in [-0.2, -0.15) is 0 Å². The van der Waals surface area contributed by atoms with Gasteiger partial charge in [0.05, 0.1) is 3.92 Å². The van der Waals surface area contributed by atoms with Crippen LogP contribution in [0.2, 0.25) is 0 Å². The topological polar surface area (TPSA) is 26.3 Å². The van der Waals surface area contributed by atoms with Crippen LogP contribution in [0.25, 0.3) is 0 Å². The SMILES string of the molecule is O=C1CC[C@H]([C@@H](I)c2ccccc2)O1. The molecule has 1 saturated heterocycles. The average molecular weight is 302 g/mol. The van der Waals surface area contributed by atoms with E-state index in [1.165, 1.54) is 5.56 Å². The molecule has 14 heavy (non-hydrogen) atoms. The minimum Gasteiger partial charge on any atom is -0.461 e. The van der Waals surface area contributed by atoms with E-state index in [0.29, 0.717) is 6.42 Å². The van der Waals surface area contributed by atoms with Crippen molar-refractivity contribution in [2.45, 2.75) is 22.9 Å². The predicted octanol–water partition coefficient (Wildman–Crippen LogP) is 2.87. The molecule has 1 heterocycles. The summed E-state index contributed by atoms with van der Waals surface area (Å²) in [6.07, 6.45) is 1.48. The lowest BCUT2D eigenvalue weighted by atomic mass is 10.1. The van der Waals surface area contributed by atoms with Crippen molar-refractivity contribution >= 4 is 28.6 Å². The molecule has 1 fully saturated rings. The Balaban J connectivity index is 2.09. The number of esters is 1. The highest BCUT2D eigenvalue weighted by Gasteiger charge is 2.30. The molecular formula is C11H11IO2. The standard InChI is InChI=1S/C11H11IO2/c12-11(8-4-2-1-3-5-8)9-6-7-10(13)14-9/h1-5,9,11H,6-7H2/t9-,11+/m1/s1. The summed E-state index contributed by atoms with van der Waals surface area (Å²) in [7, 11) is 0. The minimum absolute atomic E-state index is 0.0606. The molecule has 0 bridgehead atoms. The smallest absolute Gasteiger partial charge is 0.306 e. The molecule has 2 nitrogen and oxygen atoms in total. The van der Waals surface area contributed by atoms with Gasteiger partial charge in [0, 0.05) is 6.42 Å². The second kappa shape index (κ2) is 4.29. The molecular weight excluding hydrogens is 291 g/mol. The summed E-state index contributed by atoms with van der Waals surface area (Å²) >= 11 is 2.34. The zero-order chi connectivity index (χ0) is 9.97. The van der Waals surface area contributed by atoms with E-state index in [0.717, 1.165) is 6.42 Å². The third kappa shape index (κ3) is 2.08. The van der Waals surface area contributed by atoms with Crippen molar-refractivity contribution in [3.8, 4) is 0 Å². The number of hydrogen-bond donors (Lipinski definition) is 0. The van der Waals surface area contributed by atoms with Crippen molar-refractivity contribution in [1.82, 2.24) is 0 Å². The molecule has 1 aliphatic rings. The lowest BCUT2D eigenvalue weighted by molar-refractivity contribution is -0.141. The maximum absolute atomic E-state index is 11.0. The van der Waals surface area contributed by atoms with E-state index in [1.54, 1.807) is 0 Å². The van der Waals surface area contributed by atoms with Gasteiger partial charge in [0.2, 0.25) is 0 Å². The number of alkyl halides is 1. The molecule has 3 heteroatoms. The van der Waals surface area contributed by atoms with Gasteiger partial charge in [-0.25, -0.2) is 0 Å². The predicted molar refractivity (Wildman–Crippen MR) is 62.3 cm³/mol. The van der Waals surface area contributed by atoms with E-state index in [2.05, 4.69) is 34.7 Å². The second-order valence-electron chi connectivity index (χ2n) is 3.38. The maximum atomic E-state index is 11.0. The average Bonchev–Trinajstić information content (AvgIpc) is 2.65. The van der Waals surface area contributed by atoms with E-state index in [1.807, 2.05) is 18.2 Å². The van der Waals surface area contributed by atoms with E-state index in [4.69, 9.17) is 4.74 Å². The molecule has 0 aliphatic carbocycles. The van der Waals surface area contributed by atoms with Crippen LogP contribution in [0.5, 0.6) is 0 Å². The first-order valence-corrected chi connectivity index (χ1v) is 5.90. The van der Waals surface area contributed by atoms with E-state index in [-0.39, 0.29) is 16.0 Å². The molecule has 1 aromatic carbocycles. The molecule has 0 unspecified atom stereocenters. The first-order chi connectivity index (χ1) is 6.77. The molecule has 0 amide bonds. The normalized spacial score (nSPS) is 23.2. The maximum Gasteiger partial charge on any atom is 0.306 e. The lowest BCUT2D eigenvalue weighted by Crippen LogP contribution is -2.13. The van der Waals surface area contributed by atoms with Gasteiger partial charge in [0.15, 0.2) is 0 Å². The van der Waals surface area contributed by atoms with Crippen LogP contribution in [-0.2, 0) is 9.53 Å². The van der Waals surface area contributed by atoms with Crippen molar-refractivity contribution in [2.24, 2.45) is 0 Å². The fourth-order valence-electron chi connectivity index (χ4n) is 1.60. The molecule has 0 aromatic heterocycles. The van der Waals surface area contributed by atoms with Crippen LogP contribution in [0.15, 0.2) is 30.3 Å². The van der Waals surface area contributed by atoms with Gasteiger partial charge in [-0.05, 0) is 12.0 Å². The second-order valence-corrected chi connectivity index (χ2v) is 4.72. The largest absolute Gasteiger partial charge is 0.461 e. The van der Waals surface area contributed by atoms with Crippen LogP contribution < -0.4 is 0 Å². The number of rotatable bonds is 2. The Bertz CT molecular complexity index is 323. The first kappa shape index (κ1) is 9.96. The zero-order valence-electron chi connectivity index (χ0n) is 7.65. The number of hydrogen-bond acceptors (Lipinski definition) is 2. The first-order valence-electron chi connectivity index (χ1n) is 4.66. The Kier molecular flexibility index (Phi) is 3.05. The molecule has 0 N–H and O–H groups in total. The van der Waals surface area contributed by atoms with Crippen LogP contribution in [0, 0.1) is 0 Å². The van der Waals surface area contributed by atoms with Gasteiger partial charge in [0.25, 0.3) is 0 Å². The van der Waals surface area contributed by atoms with Crippen LogP contribution in [-0.4, -0.2) is 12.1 Å². The van der Waals surface area contributed by atoms with Crippen LogP contribution in [0.3, 0.4) is 0 Å². The summed E-state index contributed by atoms with van der Waals surface area (Å²) in [4.78, 5) is 11.0. The fraction of sp³-hybridized carbons (Fsp3) is 0.364. The van der Waals surface area contributed by atoms with Gasteiger partial charge in [-0.3, -0.25) is 4.79 Å². The monoisotopic (exact) mass is 302 g/mol. The quantitative estimate of drug-likeness (QED) is 0.477. The number of cyclic esters (lactones) is 1. The molecule has 0 radical (unpaired) electrons. The number of benzene rings is 1. The highest BCUT2D eigenvalue weighted by molar-refractivity contribution is 14.1. The Morgan fingerprint density at radius 1 is 1.36 bits per heavy atom. The minimum atomic E-state index is -0.0624. The van der Waals surface area contributed by atoms with Gasteiger partial charge in [-0.15, -0.1) is 0 Å². The summed E-state index contributed by atoms with van der Waals surface area (Å²) in [6, 6.07) is 10.2.